The molecule has 0 aliphatic rings. The molecule has 0 spiro atoms. The summed E-state index contributed by atoms with van der Waals surface area (Å²) in [7, 11) is 0. The van der Waals surface area contributed by atoms with Gasteiger partial charge in [0.2, 0.25) is 0 Å². The molecule has 4 nitrogen and oxygen atoms in total. The minimum atomic E-state index is -2.11. The van der Waals surface area contributed by atoms with Crippen LogP contribution in [0.4, 0.5) is 0 Å². The van der Waals surface area contributed by atoms with E-state index in [-0.39, 0.29) is 0 Å². The van der Waals surface area contributed by atoms with Crippen LogP contribution in [0, 0.1) is 0 Å². The van der Waals surface area contributed by atoms with E-state index >= 15 is 0 Å². The van der Waals surface area contributed by atoms with Gasteiger partial charge in [-0.2, -0.15) is 0 Å². The van der Waals surface area contributed by atoms with Gasteiger partial charge < -0.3 is 0 Å². The molecule has 0 amide bonds. The van der Waals surface area contributed by atoms with Gasteiger partial charge in [0, 0.05) is 0 Å². The summed E-state index contributed by atoms with van der Waals surface area (Å²) in [5.74, 6) is 7.29. The second-order valence-corrected chi connectivity index (χ2v) is 19.5. The molecule has 3 heterocycles. The first-order chi connectivity index (χ1) is 15.0. The molecule has 6 rings (SSSR count). The number of pyridine rings is 1. The SMILES string of the molecule is [CH3][Ge]([CH3])([CH3])[c]1cccc2ccc3c(-c4cccc5c4oc4ncccc45)ncnc3c12. The Kier molecular flexibility index (Phi) is 3.96. The zero-order valence-electron chi connectivity index (χ0n) is 17.7. The normalized spacial score (nSPS) is 12.4. The Balaban J connectivity index is 1.73. The molecule has 0 aliphatic heterocycles. The molecule has 0 saturated heterocycles. The first-order valence-corrected chi connectivity index (χ1v) is 17.8. The number of nitrogens with zero attached hydrogens (tertiary/aromatic N) is 3. The number of hydrogen-bond acceptors (Lipinski definition) is 4. The van der Waals surface area contributed by atoms with Crippen LogP contribution in [0.5, 0.6) is 0 Å². The zero-order valence-corrected chi connectivity index (χ0v) is 19.8. The van der Waals surface area contributed by atoms with Crippen molar-refractivity contribution in [2.24, 2.45) is 0 Å². The molecule has 150 valence electrons. The van der Waals surface area contributed by atoms with Gasteiger partial charge in [0.1, 0.15) is 0 Å². The fourth-order valence-corrected chi connectivity index (χ4v) is 7.93. The van der Waals surface area contributed by atoms with Gasteiger partial charge in [-0.05, 0) is 0 Å². The number of para-hydroxylation sites is 1. The van der Waals surface area contributed by atoms with Gasteiger partial charge >= 0.3 is 182 Å². The van der Waals surface area contributed by atoms with Crippen molar-refractivity contribution in [2.75, 3.05) is 0 Å². The van der Waals surface area contributed by atoms with Crippen LogP contribution in [0.2, 0.25) is 17.3 Å². The first kappa shape index (κ1) is 18.5. The van der Waals surface area contributed by atoms with Crippen molar-refractivity contribution in [1.82, 2.24) is 15.0 Å². The first-order valence-electron chi connectivity index (χ1n) is 10.5. The third-order valence-electron chi connectivity index (χ3n) is 5.99. The van der Waals surface area contributed by atoms with E-state index in [0.29, 0.717) is 5.71 Å². The quantitative estimate of drug-likeness (QED) is 0.223. The zero-order chi connectivity index (χ0) is 21.2. The van der Waals surface area contributed by atoms with Crippen LogP contribution < -0.4 is 4.40 Å². The molecule has 3 aromatic carbocycles. The molecule has 0 fully saturated rings. The van der Waals surface area contributed by atoms with E-state index in [1.807, 2.05) is 12.1 Å². The van der Waals surface area contributed by atoms with Crippen molar-refractivity contribution in [2.45, 2.75) is 17.3 Å². The van der Waals surface area contributed by atoms with Crippen molar-refractivity contribution in [3.05, 3.63) is 73.2 Å². The Bertz CT molecular complexity index is 1630. The van der Waals surface area contributed by atoms with Gasteiger partial charge in [0.25, 0.3) is 0 Å². The maximum atomic E-state index is 6.19. The Morgan fingerprint density at radius 2 is 1.58 bits per heavy atom. The molecular formula is C26H21GeN3O. The number of aromatic nitrogens is 3. The van der Waals surface area contributed by atoms with E-state index in [4.69, 9.17) is 14.4 Å². The number of furan rings is 1. The van der Waals surface area contributed by atoms with Crippen molar-refractivity contribution >= 4 is 61.4 Å². The average Bonchev–Trinajstić information content (AvgIpc) is 3.16. The van der Waals surface area contributed by atoms with Crippen molar-refractivity contribution < 1.29 is 4.42 Å². The van der Waals surface area contributed by atoms with Crippen LogP contribution in [-0.2, 0) is 0 Å². The van der Waals surface area contributed by atoms with E-state index in [9.17, 15) is 0 Å². The van der Waals surface area contributed by atoms with Crippen molar-refractivity contribution in [3.63, 3.8) is 0 Å². The minimum absolute atomic E-state index is 0.650. The Labute approximate surface area is 182 Å². The fraction of sp³-hybridized carbons (Fsp3) is 0.115. The Hall–Kier alpha value is -3.25. The summed E-state index contributed by atoms with van der Waals surface area (Å²) >= 11 is -2.11. The number of hydrogen-bond donors (Lipinski definition) is 0. The Morgan fingerprint density at radius 3 is 2.45 bits per heavy atom. The molecule has 0 atom stereocenters. The summed E-state index contributed by atoms with van der Waals surface area (Å²) < 4.78 is 7.66. The van der Waals surface area contributed by atoms with E-state index in [2.05, 4.69) is 70.8 Å². The monoisotopic (exact) mass is 465 g/mol. The van der Waals surface area contributed by atoms with E-state index in [0.717, 1.165) is 38.5 Å². The maximum absolute atomic E-state index is 6.19. The number of benzene rings is 3. The second-order valence-electron chi connectivity index (χ2n) is 8.98. The number of rotatable bonds is 2. The summed E-state index contributed by atoms with van der Waals surface area (Å²) in [5, 5.41) is 5.63. The Morgan fingerprint density at radius 1 is 0.742 bits per heavy atom. The molecule has 0 bridgehead atoms. The third kappa shape index (κ3) is 2.78. The summed E-state index contributed by atoms with van der Waals surface area (Å²) in [6, 6.07) is 21.2. The molecule has 0 saturated carbocycles. The van der Waals surface area contributed by atoms with Crippen LogP contribution in [0.25, 0.3) is 55.0 Å². The van der Waals surface area contributed by atoms with Crippen LogP contribution in [-0.4, -0.2) is 28.2 Å². The number of fused-ring (bicyclic) bond motifs is 6. The van der Waals surface area contributed by atoms with E-state index in [1.165, 1.54) is 15.2 Å². The molecule has 0 N–H and O–H groups in total. The molecule has 3 aromatic heterocycles. The molecule has 0 unspecified atom stereocenters. The molecular weight excluding hydrogens is 443 g/mol. The van der Waals surface area contributed by atoms with Gasteiger partial charge in [-0.25, -0.2) is 0 Å². The topological polar surface area (TPSA) is 51.8 Å². The molecule has 0 aliphatic carbocycles. The fourth-order valence-electron chi connectivity index (χ4n) is 4.56. The van der Waals surface area contributed by atoms with Gasteiger partial charge in [-0.1, -0.05) is 0 Å². The average molecular weight is 464 g/mol. The van der Waals surface area contributed by atoms with Gasteiger partial charge in [0.05, 0.1) is 0 Å². The van der Waals surface area contributed by atoms with Crippen LogP contribution in [0.15, 0.2) is 77.6 Å². The predicted molar refractivity (Wildman–Crippen MR) is 131 cm³/mol. The van der Waals surface area contributed by atoms with Gasteiger partial charge in [-0.15, -0.1) is 0 Å². The van der Waals surface area contributed by atoms with E-state index in [1.54, 1.807) is 12.5 Å². The van der Waals surface area contributed by atoms with Crippen molar-refractivity contribution in [1.29, 1.82) is 0 Å². The summed E-state index contributed by atoms with van der Waals surface area (Å²) in [6.45, 7) is 0. The summed E-state index contributed by atoms with van der Waals surface area (Å²) in [5.41, 5.74) is 4.35. The van der Waals surface area contributed by atoms with Crippen LogP contribution in [0.1, 0.15) is 0 Å². The molecule has 6 aromatic rings. The predicted octanol–water partition coefficient (Wildman–Crippen LogP) is 6.29. The van der Waals surface area contributed by atoms with Gasteiger partial charge in [-0.3, -0.25) is 0 Å². The molecule has 31 heavy (non-hydrogen) atoms. The standard InChI is InChI=1S/C26H21GeN3O/c1-27(2,3)21-11-4-7-16-12-13-19-23(29-15-30-24(19)22(16)21)20-9-5-8-17-18-10-6-14-28-26(18)31-25(17)20/h4-15H,1-3H3. The van der Waals surface area contributed by atoms with E-state index < -0.39 is 13.3 Å². The molecule has 0 radical (unpaired) electrons. The van der Waals surface area contributed by atoms with Crippen LogP contribution >= 0.6 is 0 Å². The van der Waals surface area contributed by atoms with Crippen LogP contribution in [0.3, 0.4) is 0 Å². The third-order valence-corrected chi connectivity index (χ3v) is 10.2. The second kappa shape index (κ2) is 6.62. The summed E-state index contributed by atoms with van der Waals surface area (Å²) in [4.78, 5) is 13.9. The molecule has 5 heteroatoms. The van der Waals surface area contributed by atoms with Gasteiger partial charge in [0.15, 0.2) is 0 Å². The van der Waals surface area contributed by atoms with Crippen molar-refractivity contribution in [3.8, 4) is 11.3 Å². The summed E-state index contributed by atoms with van der Waals surface area (Å²) in [6.07, 6.45) is 3.44.